The third-order valence-electron chi connectivity index (χ3n) is 3.97. The van der Waals surface area contributed by atoms with E-state index in [1.54, 1.807) is 6.07 Å². The molecule has 0 saturated carbocycles. The van der Waals surface area contributed by atoms with Crippen LogP contribution in [0.1, 0.15) is 31.9 Å². The lowest BCUT2D eigenvalue weighted by Gasteiger charge is -2.21. The predicted octanol–water partition coefficient (Wildman–Crippen LogP) is 2.29. The average Bonchev–Trinajstić information content (AvgIpc) is 2.96. The van der Waals surface area contributed by atoms with Crippen molar-refractivity contribution in [2.45, 2.75) is 32.4 Å². The van der Waals surface area contributed by atoms with E-state index in [4.69, 9.17) is 4.74 Å². The molecule has 22 heavy (non-hydrogen) atoms. The molecule has 1 heterocycles. The van der Waals surface area contributed by atoms with Crippen molar-refractivity contribution in [2.24, 2.45) is 0 Å². The molecule has 0 radical (unpaired) electrons. The molecule has 1 fully saturated rings. The topological polar surface area (TPSA) is 53.6 Å². The first-order valence-corrected chi connectivity index (χ1v) is 7.67. The Kier molecular flexibility index (Phi) is 5.60. The molecule has 1 aliphatic rings. The fourth-order valence-corrected chi connectivity index (χ4v) is 2.75. The van der Waals surface area contributed by atoms with Gasteiger partial charge in [-0.1, -0.05) is 6.07 Å². The minimum atomic E-state index is -0.357. The van der Waals surface area contributed by atoms with E-state index in [2.05, 4.69) is 10.6 Å². The number of amides is 2. The summed E-state index contributed by atoms with van der Waals surface area (Å²) in [5, 5.41) is 6.27. The number of hydrogen-bond acceptors (Lipinski definition) is 3. The number of nitrogens with one attached hydrogen (secondary N) is 2. The molecule has 2 rings (SSSR count). The largest absolute Gasteiger partial charge is 0.494 e. The second-order valence-corrected chi connectivity index (χ2v) is 5.55. The maximum atomic E-state index is 13.8. The first-order chi connectivity index (χ1) is 10.5. The van der Waals surface area contributed by atoms with Gasteiger partial charge in [0.05, 0.1) is 7.11 Å². The van der Waals surface area contributed by atoms with E-state index >= 15 is 0 Å². The molecule has 2 amide bonds. The van der Waals surface area contributed by atoms with Gasteiger partial charge in [0.25, 0.3) is 0 Å². The fraction of sp³-hybridized carbons (Fsp3) is 0.562. The molecule has 6 heteroatoms. The van der Waals surface area contributed by atoms with E-state index in [1.165, 1.54) is 13.2 Å². The molecule has 0 unspecified atom stereocenters. The Bertz CT molecular complexity index is 524. The van der Waals surface area contributed by atoms with Gasteiger partial charge in [0.2, 0.25) is 0 Å². The van der Waals surface area contributed by atoms with Crippen molar-refractivity contribution in [1.82, 2.24) is 15.5 Å². The van der Waals surface area contributed by atoms with E-state index in [0.717, 1.165) is 18.5 Å². The summed E-state index contributed by atoms with van der Waals surface area (Å²) in [7, 11) is 1.45. The van der Waals surface area contributed by atoms with Gasteiger partial charge in [-0.15, -0.1) is 0 Å². The Morgan fingerprint density at radius 1 is 1.55 bits per heavy atom. The predicted molar refractivity (Wildman–Crippen MR) is 83.6 cm³/mol. The SMILES string of the molecule is CCNC(=O)N1CC[C@H](N[C@@H](C)c2ccc(OC)c(F)c2)C1. The van der Waals surface area contributed by atoms with Gasteiger partial charge in [-0.2, -0.15) is 0 Å². The van der Waals surface area contributed by atoms with Gasteiger partial charge in [0.15, 0.2) is 11.6 Å². The Morgan fingerprint density at radius 2 is 2.32 bits per heavy atom. The molecule has 0 spiro atoms. The standard InChI is InChI=1S/C16H24FN3O2/c1-4-18-16(21)20-8-7-13(10-20)19-11(2)12-5-6-15(22-3)14(17)9-12/h5-6,9,11,13,19H,4,7-8,10H2,1-3H3,(H,18,21)/t11-,13-/m0/s1. The Hall–Kier alpha value is -1.82. The zero-order valence-electron chi connectivity index (χ0n) is 13.4. The second-order valence-electron chi connectivity index (χ2n) is 5.55. The molecule has 0 bridgehead atoms. The normalized spacial score (nSPS) is 19.1. The van der Waals surface area contributed by atoms with Crippen LogP contribution < -0.4 is 15.4 Å². The van der Waals surface area contributed by atoms with Crippen LogP contribution in [0, 0.1) is 5.82 Å². The quantitative estimate of drug-likeness (QED) is 0.877. The van der Waals surface area contributed by atoms with Crippen LogP contribution in [0.2, 0.25) is 0 Å². The van der Waals surface area contributed by atoms with E-state index in [9.17, 15) is 9.18 Å². The third-order valence-corrected chi connectivity index (χ3v) is 3.97. The molecule has 1 aromatic rings. The van der Waals surface area contributed by atoms with E-state index in [1.807, 2.05) is 24.8 Å². The smallest absolute Gasteiger partial charge is 0.317 e. The molecule has 2 atom stereocenters. The number of benzene rings is 1. The van der Waals surface area contributed by atoms with Gasteiger partial charge in [-0.25, -0.2) is 9.18 Å². The second kappa shape index (κ2) is 7.45. The van der Waals surface area contributed by atoms with Gasteiger partial charge < -0.3 is 20.3 Å². The van der Waals surface area contributed by atoms with Gasteiger partial charge in [-0.3, -0.25) is 0 Å². The van der Waals surface area contributed by atoms with Crippen LogP contribution in [0.25, 0.3) is 0 Å². The highest BCUT2D eigenvalue weighted by molar-refractivity contribution is 5.74. The fourth-order valence-electron chi connectivity index (χ4n) is 2.75. The number of carbonyl (C=O) groups excluding carboxylic acids is 1. The summed E-state index contributed by atoms with van der Waals surface area (Å²) in [4.78, 5) is 13.6. The van der Waals surface area contributed by atoms with Crippen molar-refractivity contribution in [3.8, 4) is 5.75 Å². The van der Waals surface area contributed by atoms with E-state index in [-0.39, 0.29) is 29.7 Å². The average molecular weight is 309 g/mol. The molecular formula is C16H24FN3O2. The number of rotatable bonds is 5. The van der Waals surface area contributed by atoms with Crippen LogP contribution in [0.15, 0.2) is 18.2 Å². The van der Waals surface area contributed by atoms with Crippen LogP contribution in [-0.4, -0.2) is 43.7 Å². The zero-order valence-corrected chi connectivity index (χ0v) is 13.4. The number of urea groups is 1. The lowest BCUT2D eigenvalue weighted by Crippen LogP contribution is -2.41. The Labute approximate surface area is 130 Å². The summed E-state index contributed by atoms with van der Waals surface area (Å²) >= 11 is 0. The van der Waals surface area contributed by atoms with Crippen LogP contribution in [0.3, 0.4) is 0 Å². The van der Waals surface area contributed by atoms with E-state index < -0.39 is 0 Å². The highest BCUT2D eigenvalue weighted by atomic mass is 19.1. The van der Waals surface area contributed by atoms with Crippen molar-refractivity contribution in [3.05, 3.63) is 29.6 Å². The van der Waals surface area contributed by atoms with Crippen molar-refractivity contribution in [3.63, 3.8) is 0 Å². The minimum absolute atomic E-state index is 0.0135. The number of ether oxygens (including phenoxy) is 1. The highest BCUT2D eigenvalue weighted by Crippen LogP contribution is 2.23. The van der Waals surface area contributed by atoms with Crippen LogP contribution in [-0.2, 0) is 0 Å². The van der Waals surface area contributed by atoms with Crippen molar-refractivity contribution in [1.29, 1.82) is 0 Å². The van der Waals surface area contributed by atoms with E-state index in [0.29, 0.717) is 13.1 Å². The summed E-state index contributed by atoms with van der Waals surface area (Å²) in [5.74, 6) is -0.108. The summed E-state index contributed by atoms with van der Waals surface area (Å²) in [5.41, 5.74) is 0.870. The maximum Gasteiger partial charge on any atom is 0.317 e. The molecule has 0 aromatic heterocycles. The molecule has 1 saturated heterocycles. The zero-order chi connectivity index (χ0) is 16.1. The van der Waals surface area contributed by atoms with Crippen molar-refractivity contribution in [2.75, 3.05) is 26.7 Å². The minimum Gasteiger partial charge on any atom is -0.494 e. The maximum absolute atomic E-state index is 13.8. The monoisotopic (exact) mass is 309 g/mol. The van der Waals surface area contributed by atoms with Crippen molar-refractivity contribution >= 4 is 6.03 Å². The lowest BCUT2D eigenvalue weighted by molar-refractivity contribution is 0.208. The molecular weight excluding hydrogens is 285 g/mol. The number of carbonyl (C=O) groups is 1. The van der Waals surface area contributed by atoms with Gasteiger partial charge in [0.1, 0.15) is 0 Å². The first kappa shape index (κ1) is 16.5. The van der Waals surface area contributed by atoms with Crippen molar-refractivity contribution < 1.29 is 13.9 Å². The van der Waals surface area contributed by atoms with Gasteiger partial charge >= 0.3 is 6.03 Å². The Balaban J connectivity index is 1.91. The number of methoxy groups -OCH3 is 1. The number of halogens is 1. The van der Waals surface area contributed by atoms with Crippen LogP contribution >= 0.6 is 0 Å². The molecule has 5 nitrogen and oxygen atoms in total. The molecule has 0 aliphatic carbocycles. The summed E-state index contributed by atoms with van der Waals surface area (Å²) < 4.78 is 18.7. The third kappa shape index (κ3) is 3.88. The molecule has 1 aliphatic heterocycles. The lowest BCUT2D eigenvalue weighted by atomic mass is 10.1. The summed E-state index contributed by atoms with van der Waals surface area (Å²) in [6, 6.07) is 5.21. The van der Waals surface area contributed by atoms with Gasteiger partial charge in [-0.05, 0) is 38.0 Å². The number of likely N-dealkylation sites (tertiary alicyclic amines) is 1. The Morgan fingerprint density at radius 3 is 2.95 bits per heavy atom. The number of nitrogens with zero attached hydrogens (tertiary/aromatic N) is 1. The number of hydrogen-bond donors (Lipinski definition) is 2. The molecule has 2 N–H and O–H groups in total. The molecule has 1 aromatic carbocycles. The summed E-state index contributed by atoms with van der Waals surface area (Å²) in [6.07, 6.45) is 0.903. The molecule has 122 valence electrons. The van der Waals surface area contributed by atoms with Gasteiger partial charge in [0, 0.05) is 31.7 Å². The summed E-state index contributed by atoms with van der Waals surface area (Å²) in [6.45, 7) is 5.96. The highest BCUT2D eigenvalue weighted by Gasteiger charge is 2.27. The first-order valence-electron chi connectivity index (χ1n) is 7.67. The van der Waals surface area contributed by atoms with Crippen LogP contribution in [0.5, 0.6) is 5.75 Å². The van der Waals surface area contributed by atoms with Crippen LogP contribution in [0.4, 0.5) is 9.18 Å².